The summed E-state index contributed by atoms with van der Waals surface area (Å²) < 4.78 is 0. The SMILES string of the molecule is CC(=O)C1CN(C(C)C)C1. The zero-order chi connectivity index (χ0) is 7.72. The van der Waals surface area contributed by atoms with E-state index in [1.54, 1.807) is 6.92 Å². The van der Waals surface area contributed by atoms with Crippen LogP contribution in [0.4, 0.5) is 0 Å². The van der Waals surface area contributed by atoms with E-state index in [1.165, 1.54) is 0 Å². The van der Waals surface area contributed by atoms with Gasteiger partial charge in [0.25, 0.3) is 0 Å². The first-order valence-corrected chi connectivity index (χ1v) is 3.85. The lowest BCUT2D eigenvalue weighted by molar-refractivity contribution is -0.126. The second-order valence-corrected chi connectivity index (χ2v) is 3.36. The van der Waals surface area contributed by atoms with E-state index in [2.05, 4.69) is 18.7 Å². The molecule has 0 bridgehead atoms. The van der Waals surface area contributed by atoms with Gasteiger partial charge < -0.3 is 0 Å². The summed E-state index contributed by atoms with van der Waals surface area (Å²) in [7, 11) is 0. The normalized spacial score (nSPS) is 21.2. The molecule has 1 rings (SSSR count). The molecule has 1 fully saturated rings. The fraction of sp³-hybridized carbons (Fsp3) is 0.875. The third kappa shape index (κ3) is 1.37. The van der Waals surface area contributed by atoms with E-state index in [0.29, 0.717) is 17.7 Å². The highest BCUT2D eigenvalue weighted by Crippen LogP contribution is 2.18. The Bertz CT molecular complexity index is 136. The van der Waals surface area contributed by atoms with Crippen LogP contribution in [0.1, 0.15) is 20.8 Å². The van der Waals surface area contributed by atoms with Gasteiger partial charge in [-0.15, -0.1) is 0 Å². The van der Waals surface area contributed by atoms with Crippen molar-refractivity contribution in [1.82, 2.24) is 4.90 Å². The van der Waals surface area contributed by atoms with Crippen molar-refractivity contribution in [1.29, 1.82) is 0 Å². The van der Waals surface area contributed by atoms with E-state index >= 15 is 0 Å². The molecular formula is C8H15NO. The van der Waals surface area contributed by atoms with Crippen LogP contribution in [0.3, 0.4) is 0 Å². The Kier molecular flexibility index (Phi) is 2.09. The third-order valence-electron chi connectivity index (χ3n) is 2.22. The van der Waals surface area contributed by atoms with Gasteiger partial charge >= 0.3 is 0 Å². The Hall–Kier alpha value is -0.370. The highest BCUT2D eigenvalue weighted by Gasteiger charge is 2.31. The second-order valence-electron chi connectivity index (χ2n) is 3.36. The number of likely N-dealkylation sites (tertiary alicyclic amines) is 1. The van der Waals surface area contributed by atoms with Gasteiger partial charge in [0.05, 0.1) is 0 Å². The van der Waals surface area contributed by atoms with Crippen molar-refractivity contribution in [3.8, 4) is 0 Å². The van der Waals surface area contributed by atoms with Gasteiger partial charge in [-0.05, 0) is 20.8 Å². The number of ketones is 1. The predicted octanol–water partition coefficient (Wildman–Crippen LogP) is 0.916. The minimum atomic E-state index is 0.336. The average molecular weight is 141 g/mol. The summed E-state index contributed by atoms with van der Waals surface area (Å²) in [6.07, 6.45) is 0. The quantitative estimate of drug-likeness (QED) is 0.570. The van der Waals surface area contributed by atoms with E-state index in [4.69, 9.17) is 0 Å². The van der Waals surface area contributed by atoms with Gasteiger partial charge in [0.1, 0.15) is 5.78 Å². The largest absolute Gasteiger partial charge is 0.300 e. The van der Waals surface area contributed by atoms with Gasteiger partial charge in [-0.25, -0.2) is 0 Å². The van der Waals surface area contributed by atoms with Gasteiger partial charge in [-0.3, -0.25) is 9.69 Å². The molecule has 0 aromatic rings. The number of carbonyl (C=O) groups excluding carboxylic acids is 1. The minimum absolute atomic E-state index is 0.336. The molecule has 0 unspecified atom stereocenters. The van der Waals surface area contributed by atoms with Crippen LogP contribution in [0.5, 0.6) is 0 Å². The summed E-state index contributed by atoms with van der Waals surface area (Å²) in [5.41, 5.74) is 0. The second kappa shape index (κ2) is 2.70. The molecule has 0 aromatic heterocycles. The molecule has 1 aliphatic heterocycles. The number of nitrogens with zero attached hydrogens (tertiary/aromatic N) is 1. The number of Topliss-reactive ketones (excluding diaryl/α,β-unsaturated/α-hetero) is 1. The van der Waals surface area contributed by atoms with E-state index in [-0.39, 0.29) is 0 Å². The minimum Gasteiger partial charge on any atom is -0.300 e. The Morgan fingerprint density at radius 1 is 1.50 bits per heavy atom. The van der Waals surface area contributed by atoms with Crippen LogP contribution in [-0.4, -0.2) is 29.8 Å². The number of hydrogen-bond acceptors (Lipinski definition) is 2. The molecule has 0 aliphatic carbocycles. The summed E-state index contributed by atoms with van der Waals surface area (Å²) >= 11 is 0. The molecule has 0 spiro atoms. The molecule has 0 amide bonds. The zero-order valence-corrected chi connectivity index (χ0v) is 6.92. The van der Waals surface area contributed by atoms with Crippen molar-refractivity contribution in [2.24, 2.45) is 5.92 Å². The fourth-order valence-corrected chi connectivity index (χ4v) is 1.19. The molecule has 10 heavy (non-hydrogen) atoms. The molecule has 0 aromatic carbocycles. The summed E-state index contributed by atoms with van der Waals surface area (Å²) in [5, 5.41) is 0. The van der Waals surface area contributed by atoms with Crippen LogP contribution in [0.15, 0.2) is 0 Å². The van der Waals surface area contributed by atoms with Crippen LogP contribution >= 0.6 is 0 Å². The van der Waals surface area contributed by atoms with Crippen LogP contribution in [0.2, 0.25) is 0 Å². The molecule has 0 N–H and O–H groups in total. The molecular weight excluding hydrogens is 126 g/mol. The lowest BCUT2D eigenvalue weighted by Gasteiger charge is -2.40. The first-order valence-electron chi connectivity index (χ1n) is 3.85. The van der Waals surface area contributed by atoms with Crippen molar-refractivity contribution < 1.29 is 4.79 Å². The molecule has 58 valence electrons. The summed E-state index contributed by atoms with van der Waals surface area (Å²) in [5.74, 6) is 0.680. The van der Waals surface area contributed by atoms with Gasteiger partial charge in [0, 0.05) is 25.0 Å². The first kappa shape index (κ1) is 7.73. The zero-order valence-electron chi connectivity index (χ0n) is 6.92. The Morgan fingerprint density at radius 3 is 2.30 bits per heavy atom. The lowest BCUT2D eigenvalue weighted by Crippen LogP contribution is -2.52. The molecule has 0 saturated carbocycles. The topological polar surface area (TPSA) is 20.3 Å². The summed E-state index contributed by atoms with van der Waals surface area (Å²) in [4.78, 5) is 13.1. The van der Waals surface area contributed by atoms with E-state index in [0.717, 1.165) is 13.1 Å². The van der Waals surface area contributed by atoms with Crippen molar-refractivity contribution >= 4 is 5.78 Å². The lowest BCUT2D eigenvalue weighted by atomic mass is 9.95. The summed E-state index contributed by atoms with van der Waals surface area (Å²) in [6, 6.07) is 0.607. The van der Waals surface area contributed by atoms with Crippen molar-refractivity contribution in [3.63, 3.8) is 0 Å². The fourth-order valence-electron chi connectivity index (χ4n) is 1.19. The smallest absolute Gasteiger partial charge is 0.135 e. The van der Waals surface area contributed by atoms with Crippen LogP contribution < -0.4 is 0 Å². The van der Waals surface area contributed by atoms with Gasteiger partial charge in [-0.2, -0.15) is 0 Å². The summed E-state index contributed by atoms with van der Waals surface area (Å²) in [6.45, 7) is 7.97. The molecule has 1 saturated heterocycles. The monoisotopic (exact) mass is 141 g/mol. The van der Waals surface area contributed by atoms with Gasteiger partial charge in [0.15, 0.2) is 0 Å². The third-order valence-corrected chi connectivity index (χ3v) is 2.22. The highest BCUT2D eigenvalue weighted by atomic mass is 16.1. The number of carbonyl (C=O) groups is 1. The molecule has 2 heteroatoms. The molecule has 0 radical (unpaired) electrons. The maximum atomic E-state index is 10.8. The maximum Gasteiger partial charge on any atom is 0.135 e. The Morgan fingerprint density at radius 2 is 2.00 bits per heavy atom. The van der Waals surface area contributed by atoms with Crippen LogP contribution in [0.25, 0.3) is 0 Å². The molecule has 1 heterocycles. The molecule has 2 nitrogen and oxygen atoms in total. The van der Waals surface area contributed by atoms with Crippen molar-refractivity contribution in [3.05, 3.63) is 0 Å². The Balaban J connectivity index is 2.24. The number of hydrogen-bond donors (Lipinski definition) is 0. The standard InChI is InChI=1S/C8H15NO/c1-6(2)9-4-8(5-9)7(3)10/h6,8H,4-5H2,1-3H3. The van der Waals surface area contributed by atoms with Crippen LogP contribution in [-0.2, 0) is 4.79 Å². The van der Waals surface area contributed by atoms with Gasteiger partial charge in [-0.1, -0.05) is 0 Å². The molecule has 0 atom stereocenters. The van der Waals surface area contributed by atoms with Crippen molar-refractivity contribution in [2.45, 2.75) is 26.8 Å². The van der Waals surface area contributed by atoms with Gasteiger partial charge in [0.2, 0.25) is 0 Å². The van der Waals surface area contributed by atoms with Crippen LogP contribution in [0, 0.1) is 5.92 Å². The van der Waals surface area contributed by atoms with Crippen molar-refractivity contribution in [2.75, 3.05) is 13.1 Å². The predicted molar refractivity (Wildman–Crippen MR) is 40.9 cm³/mol. The number of rotatable bonds is 2. The van der Waals surface area contributed by atoms with E-state index < -0.39 is 0 Å². The Labute approximate surface area is 62.2 Å². The first-order chi connectivity index (χ1) is 4.61. The van der Waals surface area contributed by atoms with E-state index in [1.807, 2.05) is 0 Å². The highest BCUT2D eigenvalue weighted by molar-refractivity contribution is 5.79. The molecule has 1 aliphatic rings. The average Bonchev–Trinajstić information content (AvgIpc) is 1.56. The van der Waals surface area contributed by atoms with E-state index in [9.17, 15) is 4.79 Å². The maximum absolute atomic E-state index is 10.8.